The Hall–Kier alpha value is -2.02. The summed E-state index contributed by atoms with van der Waals surface area (Å²) in [5.41, 5.74) is 12.3. The largest absolute Gasteiger partial charge is 0.375 e. The Morgan fingerprint density at radius 3 is 2.61 bits per heavy atom. The molecule has 2 fully saturated rings. The van der Waals surface area contributed by atoms with E-state index in [1.165, 1.54) is 0 Å². The van der Waals surface area contributed by atoms with Crippen molar-refractivity contribution in [1.29, 1.82) is 0 Å². The number of carbonyl (C=O) groups excluding carboxylic acids is 3. The molecular weight excluding hydrogens is 328 g/mol. The maximum absolute atomic E-state index is 12.4. The number of fused-ring (bicyclic) bond motifs is 1. The van der Waals surface area contributed by atoms with Gasteiger partial charge in [-0.15, -0.1) is 4.99 Å². The zero-order chi connectivity index (χ0) is 17.1. The summed E-state index contributed by atoms with van der Waals surface area (Å²) in [5, 5.41) is 13.6. The van der Waals surface area contributed by atoms with Gasteiger partial charge in [0.25, 0.3) is 0 Å². The van der Waals surface area contributed by atoms with Crippen LogP contribution < -0.4 is 32.7 Å². The molecule has 1 aliphatic heterocycles. The molecule has 1 aliphatic carbocycles. The van der Waals surface area contributed by atoms with Crippen molar-refractivity contribution < 1.29 is 24.6 Å². The number of nitrogens with one attached hydrogen (secondary N) is 5. The summed E-state index contributed by atoms with van der Waals surface area (Å²) in [4.78, 5) is 39.5. The smallest absolute Gasteiger partial charge is 0.309 e. The third-order valence-corrected chi connectivity index (χ3v) is 4.27. The highest BCUT2D eigenvalue weighted by atomic mass is 32.1. The van der Waals surface area contributed by atoms with Gasteiger partial charge in [-0.3, -0.25) is 25.2 Å². The highest BCUT2D eigenvalue weighted by Crippen LogP contribution is 2.32. The molecule has 12 heteroatoms. The Bertz CT molecular complexity index is 531. The second kappa shape index (κ2) is 7.04. The first-order chi connectivity index (χ1) is 10.8. The molecule has 23 heavy (non-hydrogen) atoms. The number of nitrogens with two attached hydrogens (primary N) is 1. The summed E-state index contributed by atoms with van der Waals surface area (Å²) in [6.07, 6.45) is 0.352. The van der Waals surface area contributed by atoms with Gasteiger partial charge in [0.05, 0.1) is 18.0 Å². The van der Waals surface area contributed by atoms with Crippen molar-refractivity contribution in [1.82, 2.24) is 27.0 Å². The zero-order valence-electron chi connectivity index (χ0n) is 12.2. The number of amides is 3. The molecule has 11 nitrogen and oxygen atoms in total. The zero-order valence-corrected chi connectivity index (χ0v) is 13.0. The number of hydrogen-bond donors (Lipinski definition) is 7. The predicted molar refractivity (Wildman–Crippen MR) is 79.8 cm³/mol. The van der Waals surface area contributed by atoms with Crippen LogP contribution in [-0.4, -0.2) is 46.2 Å². The first-order valence-electron chi connectivity index (χ1n) is 6.87. The molecular formula is C11H18N6O5S. The van der Waals surface area contributed by atoms with Gasteiger partial charge in [-0.2, -0.15) is 5.48 Å². The minimum absolute atomic E-state index is 0.118. The predicted octanol–water partition coefficient (Wildman–Crippen LogP) is -3.15. The van der Waals surface area contributed by atoms with Crippen molar-refractivity contribution in [2.24, 2.45) is 17.6 Å². The molecule has 0 aromatic heterocycles. The molecule has 128 valence electrons. The van der Waals surface area contributed by atoms with E-state index in [0.29, 0.717) is 6.42 Å². The average Bonchev–Trinajstić information content (AvgIpc) is 2.48. The number of carbonyl (C=O) groups is 3. The summed E-state index contributed by atoms with van der Waals surface area (Å²) in [6, 6.07) is -1.54. The lowest BCUT2D eigenvalue weighted by atomic mass is 9.70. The SMILES string of the molecule is CC1C(NOO)CC2NC(=O)C(=O)NC2C1C(=O)NNC(N)=S. The van der Waals surface area contributed by atoms with E-state index in [-0.39, 0.29) is 11.0 Å². The Morgan fingerprint density at radius 1 is 1.35 bits per heavy atom. The first-order valence-corrected chi connectivity index (χ1v) is 7.28. The van der Waals surface area contributed by atoms with Gasteiger partial charge in [0.15, 0.2) is 5.11 Å². The third-order valence-electron chi connectivity index (χ3n) is 4.17. The van der Waals surface area contributed by atoms with Crippen LogP contribution >= 0.6 is 12.2 Å². The molecule has 0 spiro atoms. The summed E-state index contributed by atoms with van der Waals surface area (Å²) in [6.45, 7) is 1.75. The van der Waals surface area contributed by atoms with Crippen LogP contribution in [0.15, 0.2) is 0 Å². The number of thiocarbonyl (C=S) groups is 1. The molecule has 0 bridgehead atoms. The molecule has 2 aliphatic rings. The normalized spacial score (nSPS) is 33.0. The van der Waals surface area contributed by atoms with Gasteiger partial charge < -0.3 is 16.4 Å². The first kappa shape index (κ1) is 17.3. The van der Waals surface area contributed by atoms with E-state index in [0.717, 1.165) is 0 Å². The van der Waals surface area contributed by atoms with Crippen LogP contribution in [0.2, 0.25) is 0 Å². The van der Waals surface area contributed by atoms with Crippen molar-refractivity contribution >= 4 is 35.1 Å². The highest BCUT2D eigenvalue weighted by molar-refractivity contribution is 7.80. The van der Waals surface area contributed by atoms with Crippen LogP contribution in [0.25, 0.3) is 0 Å². The van der Waals surface area contributed by atoms with E-state index in [2.05, 4.69) is 44.2 Å². The number of hydroxylamine groups is 1. The standard InChI is InChI=1S/C11H18N6O5S/c1-3-4(17-22-21)2-5-7(14-10(20)9(19)13-5)6(3)8(18)15-16-11(12)23/h3-7,17,21H,2H2,1H3,(H,13,19)(H,14,20)(H,15,18)(H3,12,16,23). The lowest BCUT2D eigenvalue weighted by Gasteiger charge is -2.46. The third kappa shape index (κ3) is 3.67. The Labute approximate surface area is 136 Å². The fraction of sp³-hybridized carbons (Fsp3) is 0.636. The minimum atomic E-state index is -0.802. The van der Waals surface area contributed by atoms with E-state index < -0.39 is 41.8 Å². The van der Waals surface area contributed by atoms with Crippen LogP contribution in [0.3, 0.4) is 0 Å². The van der Waals surface area contributed by atoms with Crippen molar-refractivity contribution in [3.8, 4) is 0 Å². The van der Waals surface area contributed by atoms with Crippen LogP contribution in [0.5, 0.6) is 0 Å². The molecule has 1 heterocycles. The van der Waals surface area contributed by atoms with Crippen LogP contribution in [0, 0.1) is 11.8 Å². The maximum atomic E-state index is 12.4. The van der Waals surface area contributed by atoms with Crippen LogP contribution in [0.4, 0.5) is 0 Å². The Balaban J connectivity index is 2.22. The van der Waals surface area contributed by atoms with Crippen molar-refractivity contribution in [3.05, 3.63) is 0 Å². The molecule has 1 saturated heterocycles. The summed E-state index contributed by atoms with van der Waals surface area (Å²) < 4.78 is 0. The fourth-order valence-corrected chi connectivity index (χ4v) is 3.13. The molecule has 1 saturated carbocycles. The highest BCUT2D eigenvalue weighted by Gasteiger charge is 2.50. The fourth-order valence-electron chi connectivity index (χ4n) is 3.08. The van der Waals surface area contributed by atoms with Crippen LogP contribution in [0.1, 0.15) is 13.3 Å². The monoisotopic (exact) mass is 346 g/mol. The molecule has 0 aromatic rings. The van der Waals surface area contributed by atoms with E-state index >= 15 is 0 Å². The van der Waals surface area contributed by atoms with Crippen molar-refractivity contribution in [2.75, 3.05) is 0 Å². The van der Waals surface area contributed by atoms with Gasteiger partial charge in [-0.1, -0.05) is 6.92 Å². The molecule has 2 rings (SSSR count). The number of rotatable bonds is 3. The molecule has 5 unspecified atom stereocenters. The van der Waals surface area contributed by atoms with E-state index in [9.17, 15) is 14.4 Å². The van der Waals surface area contributed by atoms with Gasteiger partial charge in [-0.05, 0) is 24.6 Å². The van der Waals surface area contributed by atoms with Gasteiger partial charge in [-0.25, -0.2) is 5.26 Å². The van der Waals surface area contributed by atoms with Crippen molar-refractivity contribution in [2.45, 2.75) is 31.5 Å². The lowest BCUT2D eigenvalue weighted by molar-refractivity contribution is -0.304. The van der Waals surface area contributed by atoms with Gasteiger partial charge in [0.2, 0.25) is 5.91 Å². The van der Waals surface area contributed by atoms with Crippen LogP contribution in [-0.2, 0) is 19.4 Å². The number of hydrazine groups is 1. The van der Waals surface area contributed by atoms with E-state index in [1.54, 1.807) is 6.92 Å². The summed E-state index contributed by atoms with van der Waals surface area (Å²) in [5.74, 6) is -3.12. The molecule has 0 aromatic carbocycles. The number of piperazine rings is 1. The van der Waals surface area contributed by atoms with Gasteiger partial charge in [0, 0.05) is 6.04 Å². The molecule has 3 amide bonds. The average molecular weight is 346 g/mol. The Kier molecular flexibility index (Phi) is 5.30. The summed E-state index contributed by atoms with van der Waals surface area (Å²) in [7, 11) is 0. The second-order valence-electron chi connectivity index (χ2n) is 5.49. The van der Waals surface area contributed by atoms with E-state index in [1.807, 2.05) is 0 Å². The summed E-state index contributed by atoms with van der Waals surface area (Å²) >= 11 is 4.62. The lowest BCUT2D eigenvalue weighted by Crippen LogP contribution is -2.71. The van der Waals surface area contributed by atoms with Crippen molar-refractivity contribution in [3.63, 3.8) is 0 Å². The number of hydrogen-bond acceptors (Lipinski definition) is 7. The maximum Gasteiger partial charge on any atom is 0.309 e. The Morgan fingerprint density at radius 2 is 2.00 bits per heavy atom. The minimum Gasteiger partial charge on any atom is -0.375 e. The molecule has 5 atom stereocenters. The quantitative estimate of drug-likeness (QED) is 0.121. The molecule has 8 N–H and O–H groups in total. The topological polar surface area (TPSA) is 167 Å². The van der Waals surface area contributed by atoms with Gasteiger partial charge in [0.1, 0.15) is 0 Å². The van der Waals surface area contributed by atoms with Gasteiger partial charge >= 0.3 is 11.8 Å². The molecule has 0 radical (unpaired) electrons. The van der Waals surface area contributed by atoms with E-state index in [4.69, 9.17) is 11.0 Å². The second-order valence-corrected chi connectivity index (χ2v) is 5.93.